The highest BCUT2D eigenvalue weighted by Crippen LogP contribution is 2.27. The van der Waals surface area contributed by atoms with E-state index in [4.69, 9.17) is 5.41 Å². The molecule has 124 valence electrons. The lowest BCUT2D eigenvalue weighted by Gasteiger charge is -2.22. The van der Waals surface area contributed by atoms with Crippen molar-refractivity contribution >= 4 is 34.7 Å². The minimum atomic E-state index is -0.365. The minimum Gasteiger partial charge on any atom is -0.344 e. The van der Waals surface area contributed by atoms with Gasteiger partial charge in [-0.2, -0.15) is 4.99 Å². The van der Waals surface area contributed by atoms with Crippen LogP contribution in [0.15, 0.2) is 64.8 Å². The van der Waals surface area contributed by atoms with E-state index in [1.54, 1.807) is 17.2 Å². The average Bonchev–Trinajstić information content (AvgIpc) is 3.23. The number of amides is 1. The van der Waals surface area contributed by atoms with Gasteiger partial charge in [0.2, 0.25) is 0 Å². The standard InChI is InChI=1S/C19H16N4OS/c1-13-5-2-3-6-14(13)12-22-8-4-7-15(22)11-16-17(20)23-9-10-25-19(23)21-18(16)24/h2-11,20H,12H2,1H3/b16-11-,20-17?. The van der Waals surface area contributed by atoms with Crippen molar-refractivity contribution in [3.8, 4) is 0 Å². The van der Waals surface area contributed by atoms with Gasteiger partial charge in [0.15, 0.2) is 5.17 Å². The minimum absolute atomic E-state index is 0.167. The van der Waals surface area contributed by atoms with Crippen LogP contribution in [0.1, 0.15) is 16.8 Å². The van der Waals surface area contributed by atoms with Gasteiger partial charge in [-0.25, -0.2) is 0 Å². The fraction of sp³-hybridized carbons (Fsp3) is 0.105. The van der Waals surface area contributed by atoms with E-state index in [0.717, 1.165) is 5.69 Å². The fourth-order valence-corrected chi connectivity index (χ4v) is 3.56. The number of carbonyl (C=O) groups is 1. The lowest BCUT2D eigenvalue weighted by molar-refractivity contribution is -0.114. The first-order chi connectivity index (χ1) is 12.1. The molecule has 0 atom stereocenters. The Hall–Kier alpha value is -2.86. The molecule has 0 unspecified atom stereocenters. The third kappa shape index (κ3) is 2.85. The van der Waals surface area contributed by atoms with E-state index >= 15 is 0 Å². The second-order valence-corrected chi connectivity index (χ2v) is 6.74. The molecular weight excluding hydrogens is 332 g/mol. The molecule has 0 aliphatic carbocycles. The smallest absolute Gasteiger partial charge is 0.283 e. The molecule has 2 aliphatic heterocycles. The van der Waals surface area contributed by atoms with Crippen molar-refractivity contribution in [2.75, 3.05) is 0 Å². The molecule has 0 saturated heterocycles. The van der Waals surface area contributed by atoms with Crippen molar-refractivity contribution < 1.29 is 4.79 Å². The molecule has 1 aromatic carbocycles. The summed E-state index contributed by atoms with van der Waals surface area (Å²) in [6.07, 6.45) is 5.49. The molecule has 0 radical (unpaired) electrons. The molecule has 4 rings (SSSR count). The SMILES string of the molecule is Cc1ccccc1Cn1cccc1/C=C1/C(=N)N2C=CSC2=NC1=O. The van der Waals surface area contributed by atoms with E-state index in [-0.39, 0.29) is 11.7 Å². The molecule has 25 heavy (non-hydrogen) atoms. The van der Waals surface area contributed by atoms with Gasteiger partial charge in [-0.05, 0) is 41.7 Å². The summed E-state index contributed by atoms with van der Waals surface area (Å²) in [6.45, 7) is 2.80. The molecule has 0 bridgehead atoms. The third-order valence-corrected chi connectivity index (χ3v) is 5.03. The Kier molecular flexibility index (Phi) is 3.89. The van der Waals surface area contributed by atoms with Crippen LogP contribution in [0.2, 0.25) is 0 Å². The second-order valence-electron chi connectivity index (χ2n) is 5.87. The maximum Gasteiger partial charge on any atom is 0.283 e. The lowest BCUT2D eigenvalue weighted by atomic mass is 10.1. The van der Waals surface area contributed by atoms with Gasteiger partial charge in [0.25, 0.3) is 5.91 Å². The lowest BCUT2D eigenvalue weighted by Crippen LogP contribution is -2.35. The Morgan fingerprint density at radius 1 is 1.24 bits per heavy atom. The predicted molar refractivity (Wildman–Crippen MR) is 101 cm³/mol. The summed E-state index contributed by atoms with van der Waals surface area (Å²) in [7, 11) is 0. The monoisotopic (exact) mass is 348 g/mol. The van der Waals surface area contributed by atoms with E-state index < -0.39 is 0 Å². The third-order valence-electron chi connectivity index (χ3n) is 4.27. The van der Waals surface area contributed by atoms with E-state index in [2.05, 4.69) is 28.6 Å². The molecule has 3 heterocycles. The normalized spacial score (nSPS) is 18.0. The van der Waals surface area contributed by atoms with Crippen LogP contribution >= 0.6 is 11.8 Å². The van der Waals surface area contributed by atoms with Gasteiger partial charge < -0.3 is 4.57 Å². The average molecular weight is 348 g/mol. The van der Waals surface area contributed by atoms with Crippen molar-refractivity contribution in [2.45, 2.75) is 13.5 Å². The zero-order valence-corrected chi connectivity index (χ0v) is 14.5. The van der Waals surface area contributed by atoms with Gasteiger partial charge in [-0.15, -0.1) is 0 Å². The zero-order chi connectivity index (χ0) is 17.4. The van der Waals surface area contributed by atoms with Crippen molar-refractivity contribution in [2.24, 2.45) is 4.99 Å². The zero-order valence-electron chi connectivity index (χ0n) is 13.6. The van der Waals surface area contributed by atoms with Crippen LogP contribution in [-0.2, 0) is 11.3 Å². The van der Waals surface area contributed by atoms with Gasteiger partial charge >= 0.3 is 0 Å². The van der Waals surface area contributed by atoms with Crippen LogP contribution < -0.4 is 0 Å². The van der Waals surface area contributed by atoms with Crippen molar-refractivity contribution in [3.05, 3.63) is 76.6 Å². The van der Waals surface area contributed by atoms with Crippen LogP contribution in [-0.4, -0.2) is 26.4 Å². The number of amidine groups is 2. The summed E-state index contributed by atoms with van der Waals surface area (Å²) in [4.78, 5) is 18.0. The van der Waals surface area contributed by atoms with E-state index in [9.17, 15) is 4.79 Å². The number of nitrogens with one attached hydrogen (secondary N) is 1. The number of hydrogen-bond acceptors (Lipinski definition) is 3. The number of nitrogens with zero attached hydrogens (tertiary/aromatic N) is 3. The topological polar surface area (TPSA) is 61.5 Å². The van der Waals surface area contributed by atoms with E-state index in [0.29, 0.717) is 17.3 Å². The van der Waals surface area contributed by atoms with Gasteiger partial charge in [-0.1, -0.05) is 36.0 Å². The van der Waals surface area contributed by atoms with Gasteiger partial charge in [0.05, 0.1) is 5.57 Å². The molecule has 1 amide bonds. The van der Waals surface area contributed by atoms with Crippen LogP contribution in [0, 0.1) is 12.3 Å². The van der Waals surface area contributed by atoms with E-state index in [1.807, 2.05) is 35.9 Å². The number of aliphatic imine (C=N–C) groups is 1. The number of hydrogen-bond donors (Lipinski definition) is 1. The summed E-state index contributed by atoms with van der Waals surface area (Å²) in [5.74, 6) is -0.198. The van der Waals surface area contributed by atoms with Crippen molar-refractivity contribution in [3.63, 3.8) is 0 Å². The molecule has 2 aliphatic rings. The Labute approximate surface area is 149 Å². The summed E-state index contributed by atoms with van der Waals surface area (Å²) >= 11 is 1.35. The molecule has 2 aromatic rings. The Bertz CT molecular complexity index is 967. The molecule has 0 fully saturated rings. The van der Waals surface area contributed by atoms with Crippen molar-refractivity contribution in [1.29, 1.82) is 5.41 Å². The van der Waals surface area contributed by atoms with Crippen LogP contribution in [0.5, 0.6) is 0 Å². The summed E-state index contributed by atoms with van der Waals surface area (Å²) < 4.78 is 2.07. The highest BCUT2D eigenvalue weighted by atomic mass is 32.2. The number of aryl methyl sites for hydroxylation is 1. The first-order valence-electron chi connectivity index (χ1n) is 7.89. The van der Waals surface area contributed by atoms with Crippen LogP contribution in [0.4, 0.5) is 0 Å². The maximum absolute atomic E-state index is 12.3. The molecule has 5 nitrogen and oxygen atoms in total. The van der Waals surface area contributed by atoms with Crippen LogP contribution in [0.3, 0.4) is 0 Å². The van der Waals surface area contributed by atoms with Gasteiger partial charge in [0, 0.05) is 24.6 Å². The van der Waals surface area contributed by atoms with Gasteiger partial charge in [0.1, 0.15) is 5.84 Å². The Balaban J connectivity index is 1.68. The molecule has 6 heteroatoms. The molecule has 1 N–H and O–H groups in total. The van der Waals surface area contributed by atoms with Crippen LogP contribution in [0.25, 0.3) is 6.08 Å². The van der Waals surface area contributed by atoms with Crippen molar-refractivity contribution in [1.82, 2.24) is 9.47 Å². The Morgan fingerprint density at radius 2 is 2.08 bits per heavy atom. The maximum atomic E-state index is 12.3. The largest absolute Gasteiger partial charge is 0.344 e. The first-order valence-corrected chi connectivity index (χ1v) is 8.77. The second kappa shape index (κ2) is 6.22. The number of thioether (sulfide) groups is 1. The molecule has 0 spiro atoms. The molecular formula is C19H16N4OS. The van der Waals surface area contributed by atoms with Gasteiger partial charge in [-0.3, -0.25) is 15.1 Å². The number of benzene rings is 1. The quantitative estimate of drug-likeness (QED) is 0.862. The predicted octanol–water partition coefficient (Wildman–Crippen LogP) is 3.62. The summed E-state index contributed by atoms with van der Waals surface area (Å²) in [6, 6.07) is 12.1. The fourth-order valence-electron chi connectivity index (χ4n) is 2.85. The highest BCUT2D eigenvalue weighted by Gasteiger charge is 2.31. The molecule has 0 saturated carbocycles. The summed E-state index contributed by atoms with van der Waals surface area (Å²) in [5.41, 5.74) is 3.64. The number of rotatable bonds is 3. The van der Waals surface area contributed by atoms with E-state index in [1.165, 1.54) is 22.9 Å². The Morgan fingerprint density at radius 3 is 2.92 bits per heavy atom. The first kappa shape index (κ1) is 15.7. The highest BCUT2D eigenvalue weighted by molar-refractivity contribution is 8.16. The molecule has 1 aromatic heterocycles. The summed E-state index contributed by atoms with van der Waals surface area (Å²) in [5, 5.41) is 10.7. The number of fused-ring (bicyclic) bond motifs is 1. The number of aromatic nitrogens is 1. The number of carbonyl (C=O) groups excluding carboxylic acids is 1.